The van der Waals surface area contributed by atoms with Crippen molar-refractivity contribution in [3.63, 3.8) is 0 Å². The standard InChI is InChI=1S/C18H16N2O3S/c19-8-3-11-24-17-5-2-1-4-14(17)20-18(21)13-6-7-15-16(12-13)23-10-9-22-15/h1-2,4-7,12H,3,9-11H2,(H,20,21). The molecule has 3 rings (SSSR count). The van der Waals surface area contributed by atoms with Crippen LogP contribution >= 0.6 is 11.8 Å². The molecular formula is C18H16N2O3S. The monoisotopic (exact) mass is 340 g/mol. The highest BCUT2D eigenvalue weighted by molar-refractivity contribution is 7.99. The molecule has 0 radical (unpaired) electrons. The summed E-state index contributed by atoms with van der Waals surface area (Å²) in [5.74, 6) is 1.73. The molecule has 2 aromatic carbocycles. The number of ether oxygens (including phenoxy) is 2. The lowest BCUT2D eigenvalue weighted by Gasteiger charge is -2.18. The number of amides is 1. The van der Waals surface area contributed by atoms with Gasteiger partial charge >= 0.3 is 0 Å². The van der Waals surface area contributed by atoms with Gasteiger partial charge in [0, 0.05) is 22.6 Å². The first-order valence-corrected chi connectivity index (χ1v) is 8.56. The van der Waals surface area contributed by atoms with Crippen LogP contribution in [-0.2, 0) is 0 Å². The molecule has 1 aliphatic heterocycles. The maximum absolute atomic E-state index is 12.5. The quantitative estimate of drug-likeness (QED) is 0.663. The molecule has 0 atom stereocenters. The SMILES string of the molecule is N#CCCSc1ccccc1NC(=O)c1ccc2c(c1)OCCO2. The highest BCUT2D eigenvalue weighted by Crippen LogP contribution is 2.32. The summed E-state index contributed by atoms with van der Waals surface area (Å²) >= 11 is 1.55. The third-order valence-corrected chi connectivity index (χ3v) is 4.49. The fourth-order valence-corrected chi connectivity index (χ4v) is 3.14. The number of fused-ring (bicyclic) bond motifs is 1. The molecular weight excluding hydrogens is 324 g/mol. The zero-order valence-corrected chi connectivity index (χ0v) is 13.8. The van der Waals surface area contributed by atoms with E-state index in [1.807, 2.05) is 24.3 Å². The van der Waals surface area contributed by atoms with E-state index in [1.165, 1.54) is 0 Å². The highest BCUT2D eigenvalue weighted by Gasteiger charge is 2.15. The number of hydrogen-bond acceptors (Lipinski definition) is 5. The van der Waals surface area contributed by atoms with E-state index in [-0.39, 0.29) is 5.91 Å². The Kier molecular flexibility index (Phi) is 5.24. The maximum atomic E-state index is 12.5. The summed E-state index contributed by atoms with van der Waals surface area (Å²) in [6, 6.07) is 14.8. The molecule has 24 heavy (non-hydrogen) atoms. The fourth-order valence-electron chi connectivity index (χ4n) is 2.28. The Bertz CT molecular complexity index is 786. The van der Waals surface area contributed by atoms with Crippen LogP contribution in [0, 0.1) is 11.3 Å². The second kappa shape index (κ2) is 7.75. The minimum absolute atomic E-state index is 0.208. The maximum Gasteiger partial charge on any atom is 0.255 e. The lowest BCUT2D eigenvalue weighted by atomic mass is 10.1. The topological polar surface area (TPSA) is 71.4 Å². The molecule has 1 amide bonds. The van der Waals surface area contributed by atoms with E-state index in [1.54, 1.807) is 30.0 Å². The van der Waals surface area contributed by atoms with Crippen LogP contribution in [0.4, 0.5) is 5.69 Å². The Morgan fingerprint density at radius 2 is 1.96 bits per heavy atom. The molecule has 1 heterocycles. The number of para-hydroxylation sites is 1. The number of anilines is 1. The van der Waals surface area contributed by atoms with Gasteiger partial charge in [-0.25, -0.2) is 0 Å². The van der Waals surface area contributed by atoms with E-state index in [0.29, 0.717) is 42.4 Å². The van der Waals surface area contributed by atoms with Crippen molar-refractivity contribution in [3.05, 3.63) is 48.0 Å². The largest absolute Gasteiger partial charge is 0.486 e. The summed E-state index contributed by atoms with van der Waals surface area (Å²) in [6.45, 7) is 1.00. The van der Waals surface area contributed by atoms with Crippen LogP contribution in [0.2, 0.25) is 0 Å². The van der Waals surface area contributed by atoms with Crippen LogP contribution in [0.5, 0.6) is 11.5 Å². The van der Waals surface area contributed by atoms with Crippen molar-refractivity contribution in [2.24, 2.45) is 0 Å². The summed E-state index contributed by atoms with van der Waals surface area (Å²) in [7, 11) is 0. The predicted molar refractivity (Wildman–Crippen MR) is 92.8 cm³/mol. The second-order valence-corrected chi connectivity index (χ2v) is 6.20. The van der Waals surface area contributed by atoms with Gasteiger partial charge < -0.3 is 14.8 Å². The number of carbonyl (C=O) groups excluding carboxylic acids is 1. The van der Waals surface area contributed by atoms with Gasteiger partial charge in [-0.15, -0.1) is 11.8 Å². The third kappa shape index (κ3) is 3.81. The lowest BCUT2D eigenvalue weighted by molar-refractivity contribution is 0.102. The summed E-state index contributed by atoms with van der Waals surface area (Å²) in [5, 5.41) is 11.6. The van der Waals surface area contributed by atoms with Crippen molar-refractivity contribution in [1.82, 2.24) is 0 Å². The summed E-state index contributed by atoms with van der Waals surface area (Å²) in [4.78, 5) is 13.5. The van der Waals surface area contributed by atoms with E-state index in [2.05, 4.69) is 11.4 Å². The van der Waals surface area contributed by atoms with Gasteiger partial charge in [-0.05, 0) is 30.3 Å². The van der Waals surface area contributed by atoms with Crippen molar-refractivity contribution in [2.75, 3.05) is 24.3 Å². The lowest BCUT2D eigenvalue weighted by Crippen LogP contribution is -2.17. The number of rotatable bonds is 5. The van der Waals surface area contributed by atoms with Gasteiger partial charge in [0.15, 0.2) is 11.5 Å². The smallest absolute Gasteiger partial charge is 0.255 e. The zero-order chi connectivity index (χ0) is 16.8. The van der Waals surface area contributed by atoms with Crippen molar-refractivity contribution in [3.8, 4) is 17.6 Å². The molecule has 0 aliphatic carbocycles. The normalized spacial score (nSPS) is 12.3. The molecule has 0 fully saturated rings. The van der Waals surface area contributed by atoms with Crippen LogP contribution < -0.4 is 14.8 Å². The summed E-state index contributed by atoms with van der Waals surface area (Å²) in [6.07, 6.45) is 0.467. The number of carbonyl (C=O) groups is 1. The van der Waals surface area contributed by atoms with Gasteiger partial charge in [-0.3, -0.25) is 4.79 Å². The first-order valence-electron chi connectivity index (χ1n) is 7.58. The third-order valence-electron chi connectivity index (χ3n) is 3.41. The van der Waals surface area contributed by atoms with Gasteiger partial charge in [0.2, 0.25) is 0 Å². The molecule has 1 aliphatic rings. The van der Waals surface area contributed by atoms with E-state index < -0.39 is 0 Å². The number of nitriles is 1. The number of nitrogens with one attached hydrogen (secondary N) is 1. The minimum Gasteiger partial charge on any atom is -0.486 e. The Balaban J connectivity index is 1.74. The molecule has 0 bridgehead atoms. The van der Waals surface area contributed by atoms with E-state index in [9.17, 15) is 4.79 Å². The van der Waals surface area contributed by atoms with Crippen LogP contribution in [0.3, 0.4) is 0 Å². The van der Waals surface area contributed by atoms with Gasteiger partial charge in [0.05, 0.1) is 11.8 Å². The number of nitrogens with zero attached hydrogens (tertiary/aromatic N) is 1. The molecule has 122 valence electrons. The molecule has 0 spiro atoms. The minimum atomic E-state index is -0.208. The molecule has 0 aromatic heterocycles. The van der Waals surface area contributed by atoms with E-state index in [4.69, 9.17) is 14.7 Å². The second-order valence-electron chi connectivity index (χ2n) is 5.07. The molecule has 0 unspecified atom stereocenters. The van der Waals surface area contributed by atoms with E-state index >= 15 is 0 Å². The zero-order valence-electron chi connectivity index (χ0n) is 13.0. The Morgan fingerprint density at radius 1 is 1.17 bits per heavy atom. The van der Waals surface area contributed by atoms with Crippen molar-refractivity contribution in [2.45, 2.75) is 11.3 Å². The van der Waals surface area contributed by atoms with Crippen molar-refractivity contribution >= 4 is 23.4 Å². The van der Waals surface area contributed by atoms with E-state index in [0.717, 1.165) is 10.6 Å². The summed E-state index contributed by atoms with van der Waals surface area (Å²) < 4.78 is 11.0. The van der Waals surface area contributed by atoms with Crippen molar-refractivity contribution in [1.29, 1.82) is 5.26 Å². The number of hydrogen-bond donors (Lipinski definition) is 1. The van der Waals surface area contributed by atoms with Gasteiger partial charge in [0.1, 0.15) is 13.2 Å². The molecule has 0 saturated carbocycles. The first kappa shape index (κ1) is 16.2. The van der Waals surface area contributed by atoms with Crippen LogP contribution in [0.15, 0.2) is 47.4 Å². The average Bonchev–Trinajstić information content (AvgIpc) is 2.63. The van der Waals surface area contributed by atoms with Crippen LogP contribution in [0.25, 0.3) is 0 Å². The number of thioether (sulfide) groups is 1. The summed E-state index contributed by atoms with van der Waals surface area (Å²) in [5.41, 5.74) is 1.25. The fraction of sp³-hybridized carbons (Fsp3) is 0.222. The van der Waals surface area contributed by atoms with Crippen molar-refractivity contribution < 1.29 is 14.3 Å². The Labute approximate surface area is 144 Å². The Hall–Kier alpha value is -2.65. The molecule has 2 aromatic rings. The van der Waals surface area contributed by atoms with Gasteiger partial charge in [-0.2, -0.15) is 5.26 Å². The average molecular weight is 340 g/mol. The highest BCUT2D eigenvalue weighted by atomic mass is 32.2. The Morgan fingerprint density at radius 3 is 2.79 bits per heavy atom. The molecule has 5 nitrogen and oxygen atoms in total. The predicted octanol–water partition coefficient (Wildman–Crippen LogP) is 3.72. The van der Waals surface area contributed by atoms with Crippen LogP contribution in [0.1, 0.15) is 16.8 Å². The number of benzene rings is 2. The van der Waals surface area contributed by atoms with Crippen LogP contribution in [-0.4, -0.2) is 24.9 Å². The molecule has 0 saturated heterocycles. The van der Waals surface area contributed by atoms with Gasteiger partial charge in [-0.1, -0.05) is 12.1 Å². The van der Waals surface area contributed by atoms with Gasteiger partial charge in [0.25, 0.3) is 5.91 Å². The molecule has 1 N–H and O–H groups in total. The first-order chi connectivity index (χ1) is 11.8. The molecule has 6 heteroatoms.